The van der Waals surface area contributed by atoms with Crippen LogP contribution in [0.1, 0.15) is 23.6 Å². The van der Waals surface area contributed by atoms with Gasteiger partial charge >= 0.3 is 11.9 Å². The van der Waals surface area contributed by atoms with Gasteiger partial charge in [-0.25, -0.2) is 0 Å². The van der Waals surface area contributed by atoms with Gasteiger partial charge in [0.15, 0.2) is 5.41 Å². The molecule has 0 aromatic heterocycles. The summed E-state index contributed by atoms with van der Waals surface area (Å²) < 4.78 is 0. The zero-order valence-corrected chi connectivity index (χ0v) is 12.1. The molecule has 4 nitrogen and oxygen atoms in total. The molecule has 0 radical (unpaired) electrons. The molecule has 2 aromatic rings. The van der Waals surface area contributed by atoms with Crippen molar-refractivity contribution in [3.63, 3.8) is 0 Å². The van der Waals surface area contributed by atoms with Crippen molar-refractivity contribution in [2.45, 2.75) is 12.3 Å². The lowest BCUT2D eigenvalue weighted by molar-refractivity contribution is -0.156. The quantitative estimate of drug-likeness (QED) is 0.656. The van der Waals surface area contributed by atoms with E-state index >= 15 is 0 Å². The summed E-state index contributed by atoms with van der Waals surface area (Å²) in [4.78, 5) is 22.7. The normalized spacial score (nSPS) is 11.5. The van der Waals surface area contributed by atoms with Crippen LogP contribution in [0, 0.1) is 0 Å². The highest BCUT2D eigenvalue weighted by Gasteiger charge is 2.43. The van der Waals surface area contributed by atoms with E-state index in [-0.39, 0.29) is 5.56 Å². The first-order chi connectivity index (χ1) is 10.4. The Hall–Kier alpha value is -2.88. The van der Waals surface area contributed by atoms with Gasteiger partial charge in [0.25, 0.3) is 0 Å². The lowest BCUT2D eigenvalue weighted by Crippen LogP contribution is -2.40. The van der Waals surface area contributed by atoms with Crippen LogP contribution in [-0.2, 0) is 15.0 Å². The predicted octanol–water partition coefficient (Wildman–Crippen LogP) is 3.28. The van der Waals surface area contributed by atoms with Crippen LogP contribution in [0.25, 0.3) is 12.2 Å². The molecule has 2 rings (SSSR count). The minimum Gasteiger partial charge on any atom is -0.480 e. The van der Waals surface area contributed by atoms with Crippen LogP contribution >= 0.6 is 0 Å². The summed E-state index contributed by atoms with van der Waals surface area (Å²) >= 11 is 0. The third-order valence-corrected chi connectivity index (χ3v) is 3.59. The summed E-state index contributed by atoms with van der Waals surface area (Å²) in [6.07, 6.45) is 3.71. The third kappa shape index (κ3) is 3.06. The molecule has 0 aliphatic heterocycles. The minimum absolute atomic E-state index is 0.239. The van der Waals surface area contributed by atoms with Crippen LogP contribution in [0.5, 0.6) is 0 Å². The Kier molecular flexibility index (Phi) is 4.41. The molecule has 112 valence electrons. The van der Waals surface area contributed by atoms with E-state index in [9.17, 15) is 19.8 Å². The summed E-state index contributed by atoms with van der Waals surface area (Å²) in [5, 5.41) is 18.5. The Morgan fingerprint density at radius 3 is 2.00 bits per heavy atom. The molecule has 2 aromatic carbocycles. The maximum absolute atomic E-state index is 11.4. The fraction of sp³-hybridized carbons (Fsp3) is 0.111. The number of carboxylic acid groups (broad SMARTS) is 2. The Balaban J connectivity index is 2.36. The van der Waals surface area contributed by atoms with Gasteiger partial charge in [-0.1, -0.05) is 66.7 Å². The van der Waals surface area contributed by atoms with Gasteiger partial charge in [-0.3, -0.25) is 9.59 Å². The number of rotatable bonds is 5. The van der Waals surface area contributed by atoms with Crippen molar-refractivity contribution < 1.29 is 19.8 Å². The highest BCUT2D eigenvalue weighted by atomic mass is 16.4. The third-order valence-electron chi connectivity index (χ3n) is 3.59. The topological polar surface area (TPSA) is 74.6 Å². The number of hydrogen-bond acceptors (Lipinski definition) is 2. The molecule has 0 amide bonds. The standard InChI is InChI=1S/C18H16O4/c1-18(16(19)20,17(21)22)15-9-5-8-14(12-15)11-10-13-6-3-2-4-7-13/h2-12H,1H3,(H,19,20)(H,21,22). The van der Waals surface area contributed by atoms with Crippen molar-refractivity contribution in [3.8, 4) is 0 Å². The van der Waals surface area contributed by atoms with Gasteiger partial charge in [-0.05, 0) is 23.6 Å². The summed E-state index contributed by atoms with van der Waals surface area (Å²) in [5.41, 5.74) is 0.0290. The van der Waals surface area contributed by atoms with Gasteiger partial charge in [-0.15, -0.1) is 0 Å². The molecule has 22 heavy (non-hydrogen) atoms. The fourth-order valence-corrected chi connectivity index (χ4v) is 2.05. The van der Waals surface area contributed by atoms with E-state index < -0.39 is 17.4 Å². The van der Waals surface area contributed by atoms with E-state index in [0.717, 1.165) is 11.1 Å². The van der Waals surface area contributed by atoms with Gasteiger partial charge < -0.3 is 10.2 Å². The van der Waals surface area contributed by atoms with E-state index in [0.29, 0.717) is 0 Å². The first-order valence-corrected chi connectivity index (χ1v) is 6.75. The minimum atomic E-state index is -1.96. The molecule has 0 atom stereocenters. The molecule has 0 unspecified atom stereocenters. The van der Waals surface area contributed by atoms with Crippen LogP contribution in [0.4, 0.5) is 0 Å². The van der Waals surface area contributed by atoms with E-state index in [1.807, 2.05) is 42.5 Å². The summed E-state index contributed by atoms with van der Waals surface area (Å²) in [7, 11) is 0. The van der Waals surface area contributed by atoms with Gasteiger partial charge in [0.1, 0.15) is 0 Å². The van der Waals surface area contributed by atoms with Gasteiger partial charge in [0.2, 0.25) is 0 Å². The summed E-state index contributed by atoms with van der Waals surface area (Å²) in [6.45, 7) is 1.19. The number of hydrogen-bond donors (Lipinski definition) is 2. The zero-order valence-electron chi connectivity index (χ0n) is 12.1. The monoisotopic (exact) mass is 296 g/mol. The van der Waals surface area contributed by atoms with Crippen LogP contribution in [-0.4, -0.2) is 22.2 Å². The van der Waals surface area contributed by atoms with E-state index in [2.05, 4.69) is 0 Å². The van der Waals surface area contributed by atoms with Crippen LogP contribution in [0.2, 0.25) is 0 Å². The van der Waals surface area contributed by atoms with Gasteiger partial charge in [0, 0.05) is 0 Å². The van der Waals surface area contributed by atoms with Crippen molar-refractivity contribution in [1.29, 1.82) is 0 Å². The van der Waals surface area contributed by atoms with Crippen LogP contribution in [0.15, 0.2) is 54.6 Å². The maximum atomic E-state index is 11.4. The number of benzene rings is 2. The number of carboxylic acids is 2. The van der Waals surface area contributed by atoms with E-state index in [1.165, 1.54) is 13.0 Å². The Labute approximate surface area is 128 Å². The fourth-order valence-electron chi connectivity index (χ4n) is 2.05. The molecule has 0 saturated heterocycles. The molecule has 0 aliphatic rings. The molecule has 0 fully saturated rings. The van der Waals surface area contributed by atoms with Crippen LogP contribution < -0.4 is 0 Å². The Morgan fingerprint density at radius 1 is 0.864 bits per heavy atom. The Morgan fingerprint density at radius 2 is 1.41 bits per heavy atom. The van der Waals surface area contributed by atoms with Crippen molar-refractivity contribution >= 4 is 24.1 Å². The van der Waals surface area contributed by atoms with Crippen molar-refractivity contribution in [3.05, 3.63) is 71.3 Å². The summed E-state index contributed by atoms with van der Waals surface area (Å²) in [6, 6.07) is 16.2. The van der Waals surface area contributed by atoms with Crippen molar-refractivity contribution in [2.24, 2.45) is 0 Å². The lowest BCUT2D eigenvalue weighted by Gasteiger charge is -2.20. The largest absolute Gasteiger partial charge is 0.480 e. The molecule has 0 spiro atoms. The first-order valence-electron chi connectivity index (χ1n) is 6.75. The van der Waals surface area contributed by atoms with Crippen molar-refractivity contribution in [1.82, 2.24) is 0 Å². The zero-order chi connectivity index (χ0) is 16.2. The smallest absolute Gasteiger partial charge is 0.325 e. The molecule has 2 N–H and O–H groups in total. The predicted molar refractivity (Wildman–Crippen MR) is 84.4 cm³/mol. The van der Waals surface area contributed by atoms with Gasteiger partial charge in [-0.2, -0.15) is 0 Å². The van der Waals surface area contributed by atoms with Crippen molar-refractivity contribution in [2.75, 3.05) is 0 Å². The molecular formula is C18H16O4. The lowest BCUT2D eigenvalue weighted by atomic mass is 9.82. The molecule has 0 aliphatic carbocycles. The van der Waals surface area contributed by atoms with E-state index in [4.69, 9.17) is 0 Å². The van der Waals surface area contributed by atoms with Crippen LogP contribution in [0.3, 0.4) is 0 Å². The summed E-state index contributed by atoms with van der Waals surface area (Å²) in [5.74, 6) is -2.77. The second-order valence-electron chi connectivity index (χ2n) is 5.10. The molecule has 0 saturated carbocycles. The maximum Gasteiger partial charge on any atom is 0.325 e. The Bertz CT molecular complexity index is 703. The molecule has 0 heterocycles. The second-order valence-corrected chi connectivity index (χ2v) is 5.10. The highest BCUT2D eigenvalue weighted by Crippen LogP contribution is 2.26. The average molecular weight is 296 g/mol. The number of aliphatic carboxylic acids is 2. The van der Waals surface area contributed by atoms with E-state index in [1.54, 1.807) is 18.2 Å². The second kappa shape index (κ2) is 6.26. The highest BCUT2D eigenvalue weighted by molar-refractivity contribution is 6.04. The SMILES string of the molecule is CC(C(=O)O)(C(=O)O)c1cccc(C=Cc2ccccc2)c1. The average Bonchev–Trinajstić information content (AvgIpc) is 2.53. The molecule has 4 heteroatoms. The molecular weight excluding hydrogens is 280 g/mol. The molecule has 0 bridgehead atoms. The van der Waals surface area contributed by atoms with Gasteiger partial charge in [0.05, 0.1) is 0 Å². The number of carbonyl (C=O) groups is 2. The first kappa shape index (κ1) is 15.5.